The molecular formula is C38H42F4N2O4. The van der Waals surface area contributed by atoms with E-state index in [2.05, 4.69) is 55.2 Å². The number of nitrogens with one attached hydrogen (secondary N) is 2. The molecule has 0 aromatic heterocycles. The van der Waals surface area contributed by atoms with Crippen LogP contribution in [-0.2, 0) is 11.2 Å². The Balaban J connectivity index is 0.000000294. The second kappa shape index (κ2) is 17.3. The van der Waals surface area contributed by atoms with Crippen LogP contribution in [0.15, 0.2) is 78.9 Å². The van der Waals surface area contributed by atoms with Gasteiger partial charge in [0, 0.05) is 19.2 Å². The number of carbonyl (C=O) groups is 2. The van der Waals surface area contributed by atoms with Crippen molar-refractivity contribution >= 4 is 17.6 Å². The van der Waals surface area contributed by atoms with Crippen LogP contribution in [0.5, 0.6) is 5.75 Å². The van der Waals surface area contributed by atoms with Crippen LogP contribution in [0.2, 0.25) is 0 Å². The number of hydrogen-bond acceptors (Lipinski definition) is 4. The minimum atomic E-state index is -4.71. The Hall–Kier alpha value is -4.86. The van der Waals surface area contributed by atoms with E-state index in [0.717, 1.165) is 35.1 Å². The van der Waals surface area contributed by atoms with Gasteiger partial charge in [0.25, 0.3) is 5.91 Å². The van der Waals surface area contributed by atoms with Crippen molar-refractivity contribution in [1.29, 1.82) is 0 Å². The Morgan fingerprint density at radius 2 is 1.52 bits per heavy atom. The summed E-state index contributed by atoms with van der Waals surface area (Å²) in [5, 5.41) is 14.0. The maximum absolute atomic E-state index is 13.8. The van der Waals surface area contributed by atoms with Crippen molar-refractivity contribution in [3.8, 4) is 16.9 Å². The van der Waals surface area contributed by atoms with E-state index < -0.39 is 12.3 Å². The second-order valence-electron chi connectivity index (χ2n) is 11.6. The summed E-state index contributed by atoms with van der Waals surface area (Å²) in [6, 6.07) is 22.5. The normalized spacial score (nSPS) is 11.6. The fraction of sp³-hybridized carbons (Fsp3) is 0.316. The number of alkyl halides is 3. The van der Waals surface area contributed by atoms with Gasteiger partial charge in [0.15, 0.2) is 0 Å². The average molecular weight is 667 g/mol. The lowest BCUT2D eigenvalue weighted by Gasteiger charge is -2.18. The molecule has 1 unspecified atom stereocenters. The molecule has 6 nitrogen and oxygen atoms in total. The van der Waals surface area contributed by atoms with Crippen LogP contribution in [0.1, 0.15) is 70.3 Å². The first-order chi connectivity index (χ1) is 22.7. The summed E-state index contributed by atoms with van der Waals surface area (Å²) in [6.07, 6.45) is -2.41. The number of carboxylic acid groups (broad SMARTS) is 1. The molecule has 256 valence electrons. The highest BCUT2D eigenvalue weighted by Gasteiger charge is 2.31. The summed E-state index contributed by atoms with van der Waals surface area (Å²) in [5.41, 5.74) is 8.54. The molecule has 48 heavy (non-hydrogen) atoms. The van der Waals surface area contributed by atoms with Gasteiger partial charge in [-0.25, -0.2) is 4.39 Å². The number of rotatable bonds is 12. The monoisotopic (exact) mass is 666 g/mol. The van der Waals surface area contributed by atoms with E-state index in [0.29, 0.717) is 17.7 Å². The predicted octanol–water partition coefficient (Wildman–Crippen LogP) is 9.38. The number of halogens is 4. The zero-order valence-electron chi connectivity index (χ0n) is 27.8. The van der Waals surface area contributed by atoms with Crippen LogP contribution in [0, 0.1) is 26.6 Å². The largest absolute Gasteiger partial charge is 0.573 e. The van der Waals surface area contributed by atoms with Crippen molar-refractivity contribution in [2.75, 3.05) is 18.9 Å². The van der Waals surface area contributed by atoms with Crippen molar-refractivity contribution in [3.63, 3.8) is 0 Å². The van der Waals surface area contributed by atoms with Crippen molar-refractivity contribution in [1.82, 2.24) is 5.32 Å². The Kier molecular flexibility index (Phi) is 13.6. The standard InChI is InChI=1S/C22H24F3NO4.C16H18FN/c1-2-3-18(14-15-4-10-19(11-5-15)30-22(23,24)25)16-6-8-17(9-7-16)21(29)26-13-12-20(27)28;1-10-7-11(2)16(12(3)8-10)13-5-6-15(18-4)14(17)9-13/h4-11,18H,2-3,12-14H2,1H3,(H,26,29)(H,27,28);5-9,18H,1-4H3. The average Bonchev–Trinajstić information content (AvgIpc) is 3.01. The van der Waals surface area contributed by atoms with Gasteiger partial charge in [0.1, 0.15) is 11.6 Å². The summed E-state index contributed by atoms with van der Waals surface area (Å²) in [4.78, 5) is 22.6. The molecule has 0 radical (unpaired) electrons. The fourth-order valence-electron chi connectivity index (χ4n) is 5.65. The van der Waals surface area contributed by atoms with Crippen LogP contribution in [0.3, 0.4) is 0 Å². The third-order valence-electron chi connectivity index (χ3n) is 7.75. The van der Waals surface area contributed by atoms with Crippen LogP contribution in [0.4, 0.5) is 23.2 Å². The van der Waals surface area contributed by atoms with Gasteiger partial charge in [0.2, 0.25) is 0 Å². The number of aliphatic carboxylic acids is 1. The van der Waals surface area contributed by atoms with E-state index in [1.807, 2.05) is 18.2 Å². The Bertz CT molecular complexity index is 1650. The summed E-state index contributed by atoms with van der Waals surface area (Å²) >= 11 is 0. The molecule has 3 N–H and O–H groups in total. The maximum atomic E-state index is 13.8. The van der Waals surface area contributed by atoms with Crippen molar-refractivity contribution in [3.05, 3.63) is 118 Å². The number of hydrogen-bond donors (Lipinski definition) is 3. The molecule has 0 saturated heterocycles. The molecule has 0 aliphatic rings. The number of carbonyl (C=O) groups excluding carboxylic acids is 1. The minimum absolute atomic E-state index is 0.0580. The van der Waals surface area contributed by atoms with E-state index in [4.69, 9.17) is 5.11 Å². The Labute approximate surface area is 279 Å². The first kappa shape index (κ1) is 37.6. The SMILES string of the molecule is CCCC(Cc1ccc(OC(F)(F)F)cc1)c1ccc(C(=O)NCCC(=O)O)cc1.CNc1ccc(-c2c(C)cc(C)cc2C)cc1F. The zero-order valence-corrected chi connectivity index (χ0v) is 27.8. The molecule has 0 bridgehead atoms. The molecule has 1 amide bonds. The molecule has 0 heterocycles. The van der Waals surface area contributed by atoms with Crippen molar-refractivity contribution < 1.29 is 37.0 Å². The predicted molar refractivity (Wildman–Crippen MR) is 181 cm³/mol. The molecule has 4 aromatic rings. The summed E-state index contributed by atoms with van der Waals surface area (Å²) in [5.74, 6) is -1.64. The van der Waals surface area contributed by atoms with E-state index in [1.54, 1.807) is 43.4 Å². The maximum Gasteiger partial charge on any atom is 0.573 e. The highest BCUT2D eigenvalue weighted by atomic mass is 19.4. The summed E-state index contributed by atoms with van der Waals surface area (Å²) in [7, 11) is 1.72. The lowest BCUT2D eigenvalue weighted by Crippen LogP contribution is -2.25. The van der Waals surface area contributed by atoms with Crippen molar-refractivity contribution in [2.24, 2.45) is 0 Å². The third-order valence-corrected chi connectivity index (χ3v) is 7.75. The number of ether oxygens (including phenoxy) is 1. The molecule has 4 rings (SSSR count). The highest BCUT2D eigenvalue weighted by molar-refractivity contribution is 5.94. The molecule has 0 fully saturated rings. The van der Waals surface area contributed by atoms with Gasteiger partial charge in [-0.1, -0.05) is 61.4 Å². The van der Waals surface area contributed by atoms with Crippen LogP contribution < -0.4 is 15.4 Å². The molecule has 0 spiro atoms. The minimum Gasteiger partial charge on any atom is -0.481 e. The van der Waals surface area contributed by atoms with Gasteiger partial charge < -0.3 is 20.5 Å². The van der Waals surface area contributed by atoms with Gasteiger partial charge in [0.05, 0.1) is 12.1 Å². The van der Waals surface area contributed by atoms with E-state index in [9.17, 15) is 27.2 Å². The van der Waals surface area contributed by atoms with Gasteiger partial charge in [-0.15, -0.1) is 13.2 Å². The van der Waals surface area contributed by atoms with E-state index in [-0.39, 0.29) is 36.4 Å². The van der Waals surface area contributed by atoms with Crippen LogP contribution >= 0.6 is 0 Å². The van der Waals surface area contributed by atoms with Gasteiger partial charge >= 0.3 is 12.3 Å². The fourth-order valence-corrected chi connectivity index (χ4v) is 5.65. The van der Waals surface area contributed by atoms with Gasteiger partial charge in [-0.2, -0.15) is 0 Å². The molecule has 0 saturated carbocycles. The summed E-state index contributed by atoms with van der Waals surface area (Å²) < 4.78 is 54.6. The van der Waals surface area contributed by atoms with Gasteiger partial charge in [-0.05, 0) is 109 Å². The topological polar surface area (TPSA) is 87.7 Å². The number of aryl methyl sites for hydroxylation is 3. The molecule has 10 heteroatoms. The first-order valence-corrected chi connectivity index (χ1v) is 15.7. The Morgan fingerprint density at radius 3 is 2.04 bits per heavy atom. The smallest absolute Gasteiger partial charge is 0.481 e. The highest BCUT2D eigenvalue weighted by Crippen LogP contribution is 2.31. The number of benzene rings is 4. The number of amides is 1. The second-order valence-corrected chi connectivity index (χ2v) is 11.6. The van der Waals surface area contributed by atoms with E-state index >= 15 is 0 Å². The Morgan fingerprint density at radius 1 is 0.896 bits per heavy atom. The number of anilines is 1. The molecule has 4 aromatic carbocycles. The van der Waals surface area contributed by atoms with Crippen LogP contribution in [-0.4, -0.2) is 36.9 Å². The van der Waals surface area contributed by atoms with Crippen LogP contribution in [0.25, 0.3) is 11.1 Å². The van der Waals surface area contributed by atoms with E-state index in [1.165, 1.54) is 28.8 Å². The quantitative estimate of drug-likeness (QED) is 0.131. The molecule has 1 atom stereocenters. The van der Waals surface area contributed by atoms with Gasteiger partial charge in [-0.3, -0.25) is 9.59 Å². The lowest BCUT2D eigenvalue weighted by molar-refractivity contribution is -0.274. The lowest BCUT2D eigenvalue weighted by atomic mass is 9.88. The zero-order chi connectivity index (χ0) is 35.4. The van der Waals surface area contributed by atoms with Crippen molar-refractivity contribution in [2.45, 2.75) is 65.7 Å². The molecular weight excluding hydrogens is 624 g/mol. The number of carboxylic acids is 1. The molecule has 0 aliphatic heterocycles. The summed E-state index contributed by atoms with van der Waals surface area (Å²) in [6.45, 7) is 8.33. The third kappa shape index (κ3) is 11.4. The first-order valence-electron chi connectivity index (χ1n) is 15.7. The molecule has 0 aliphatic carbocycles.